The van der Waals surface area contributed by atoms with Crippen molar-refractivity contribution in [2.24, 2.45) is 5.92 Å². The predicted molar refractivity (Wildman–Crippen MR) is 184 cm³/mol. The number of nitrogens with zero attached hydrogens (tertiary/aromatic N) is 2. The minimum atomic E-state index is -2.94. The van der Waals surface area contributed by atoms with Crippen LogP contribution in [-0.4, -0.2) is 60.2 Å². The quantitative estimate of drug-likeness (QED) is 0.228. The van der Waals surface area contributed by atoms with Gasteiger partial charge in [0.05, 0.1) is 30.9 Å². The molecule has 2 aromatic carbocycles. The zero-order chi connectivity index (χ0) is 32.7. The summed E-state index contributed by atoms with van der Waals surface area (Å²) in [4.78, 5) is 43.8. The van der Waals surface area contributed by atoms with Gasteiger partial charge in [-0.15, -0.1) is 0 Å². The van der Waals surface area contributed by atoms with Crippen molar-refractivity contribution in [3.63, 3.8) is 0 Å². The molecule has 0 unspecified atom stereocenters. The van der Waals surface area contributed by atoms with E-state index in [4.69, 9.17) is 4.74 Å². The zero-order valence-electron chi connectivity index (χ0n) is 27.3. The Morgan fingerprint density at radius 2 is 1.84 bits per heavy atom. The molecule has 3 heterocycles. The average Bonchev–Trinajstić information content (AvgIpc) is 3.40. The number of carbonyl (C=O) groups is 2. The monoisotopic (exact) mass is 694 g/mol. The molecule has 2 amide bonds. The molecule has 7 nitrogen and oxygen atoms in total. The van der Waals surface area contributed by atoms with Gasteiger partial charge in [-0.3, -0.25) is 9.59 Å². The number of hydrogen-bond acceptors (Lipinski definition) is 5. The van der Waals surface area contributed by atoms with Gasteiger partial charge in [-0.25, -0.2) is 0 Å². The maximum atomic E-state index is 14.6. The lowest BCUT2D eigenvalue weighted by molar-refractivity contribution is -0.150. The van der Waals surface area contributed by atoms with Gasteiger partial charge < -0.3 is 24.4 Å². The van der Waals surface area contributed by atoms with E-state index in [1.807, 2.05) is 62.5 Å². The van der Waals surface area contributed by atoms with Crippen LogP contribution in [0.1, 0.15) is 63.6 Å². The van der Waals surface area contributed by atoms with E-state index < -0.39 is 20.0 Å². The Kier molecular flexibility index (Phi) is 9.97. The van der Waals surface area contributed by atoms with Gasteiger partial charge in [0.2, 0.25) is 5.91 Å². The lowest BCUT2D eigenvalue weighted by Crippen LogP contribution is -2.48. The van der Waals surface area contributed by atoms with E-state index in [0.29, 0.717) is 19.5 Å². The van der Waals surface area contributed by atoms with Crippen LogP contribution in [0.3, 0.4) is 0 Å². The first-order chi connectivity index (χ1) is 21.3. The van der Waals surface area contributed by atoms with Gasteiger partial charge in [0.25, 0.3) is 5.91 Å². The van der Waals surface area contributed by atoms with Crippen LogP contribution < -0.4 is 4.90 Å². The Morgan fingerprint density at radius 3 is 2.51 bits per heavy atom. The molecule has 1 spiro atoms. The van der Waals surface area contributed by atoms with E-state index in [1.54, 1.807) is 9.80 Å². The van der Waals surface area contributed by atoms with Gasteiger partial charge >= 0.3 is 0 Å². The molecule has 1 fully saturated rings. The molecule has 0 bridgehead atoms. The summed E-state index contributed by atoms with van der Waals surface area (Å²) < 4.78 is 7.75. The van der Waals surface area contributed by atoms with Crippen LogP contribution in [0.25, 0.3) is 0 Å². The Hall–Kier alpha value is -2.56. The minimum Gasteiger partial charge on any atom is -0.432 e. The van der Waals surface area contributed by atoms with E-state index in [9.17, 15) is 19.5 Å². The number of fused-ring (bicyclic) bond motifs is 3. The van der Waals surface area contributed by atoms with Gasteiger partial charge in [0.15, 0.2) is 13.9 Å². The lowest BCUT2D eigenvalue weighted by Gasteiger charge is -2.37. The van der Waals surface area contributed by atoms with Crippen molar-refractivity contribution < 1.29 is 24.2 Å². The third kappa shape index (κ3) is 6.52. The summed E-state index contributed by atoms with van der Waals surface area (Å²) in [5.74, 6) is -0.631. The number of ether oxygens (including phenoxy) is 1. The molecule has 5 rings (SSSR count). The summed E-state index contributed by atoms with van der Waals surface area (Å²) in [5, 5.41) is 10.2. The highest BCUT2D eigenvalue weighted by Gasteiger charge is 2.66. The second kappa shape index (κ2) is 13.3. The second-order valence-corrected chi connectivity index (χ2v) is 18.7. The topological polar surface area (TPSA) is 90.3 Å². The number of hydrogen-bond donors (Lipinski definition) is 2. The molecule has 3 aliphatic heterocycles. The standard InChI is InChI=1S/C36H47BrN2O5Si/c1-23(2)10-9-11-24(3)16-17-38-31-15-14-28(37)19-30(31)36(35(38)42)25(4)34(45(5,6)43)32(44-36)20-33(41)39-21-27-13-8-7-12-26(27)18-29(39)22-40/h7-8,10,12-16,19,25,29,32,34,40,43H,9,11,17-18,20-22H2,1-6H3/b24-16+/t25-,29-,32+,34-,36+/m0/s1. The third-order valence-electron chi connectivity index (χ3n) is 9.92. The molecule has 1 saturated heterocycles. The highest BCUT2D eigenvalue weighted by molar-refractivity contribution is 9.10. The molecule has 0 saturated carbocycles. The molecule has 242 valence electrons. The number of halogens is 1. The van der Waals surface area contributed by atoms with Crippen LogP contribution in [0, 0.1) is 5.92 Å². The van der Waals surface area contributed by atoms with Gasteiger partial charge in [0, 0.05) is 34.6 Å². The van der Waals surface area contributed by atoms with Crippen LogP contribution >= 0.6 is 15.9 Å². The van der Waals surface area contributed by atoms with Crippen molar-refractivity contribution in [3.8, 4) is 0 Å². The predicted octanol–water partition coefficient (Wildman–Crippen LogP) is 6.62. The Morgan fingerprint density at radius 1 is 1.13 bits per heavy atom. The number of aliphatic hydroxyl groups excluding tert-OH is 1. The van der Waals surface area contributed by atoms with Crippen molar-refractivity contribution in [2.45, 2.75) is 96.3 Å². The van der Waals surface area contributed by atoms with Crippen molar-refractivity contribution in [2.75, 3.05) is 18.1 Å². The number of aliphatic hydroxyl groups is 1. The van der Waals surface area contributed by atoms with E-state index in [1.165, 1.54) is 11.1 Å². The molecule has 3 aliphatic rings. The molecule has 2 aromatic rings. The maximum Gasteiger partial charge on any atom is 0.264 e. The van der Waals surface area contributed by atoms with E-state index in [-0.39, 0.29) is 42.3 Å². The first kappa shape index (κ1) is 33.8. The summed E-state index contributed by atoms with van der Waals surface area (Å²) in [6, 6.07) is 13.6. The maximum absolute atomic E-state index is 14.6. The highest BCUT2D eigenvalue weighted by atomic mass is 79.9. The molecule has 45 heavy (non-hydrogen) atoms. The van der Waals surface area contributed by atoms with E-state index in [2.05, 4.69) is 48.9 Å². The van der Waals surface area contributed by atoms with Crippen LogP contribution in [0.5, 0.6) is 0 Å². The summed E-state index contributed by atoms with van der Waals surface area (Å²) in [7, 11) is -2.94. The van der Waals surface area contributed by atoms with Crippen molar-refractivity contribution >= 4 is 41.7 Å². The third-order valence-corrected chi connectivity index (χ3v) is 12.9. The van der Waals surface area contributed by atoms with Gasteiger partial charge in [-0.05, 0) is 82.5 Å². The van der Waals surface area contributed by atoms with Gasteiger partial charge in [-0.2, -0.15) is 0 Å². The lowest BCUT2D eigenvalue weighted by atomic mass is 9.82. The smallest absolute Gasteiger partial charge is 0.264 e. The molecule has 0 aromatic heterocycles. The SMILES string of the molecule is CC(C)=CCC/C(C)=C/CN1C(=O)[C@]2(O[C@H](CC(=O)N3Cc4ccccc4C[C@H]3CO)[C@@H]([Si](C)(C)O)[C@@H]2C)c2cc(Br)ccc21. The Bertz CT molecular complexity index is 1510. The largest absolute Gasteiger partial charge is 0.432 e. The van der Waals surface area contributed by atoms with Crippen LogP contribution in [0.15, 0.2) is 70.2 Å². The Balaban J connectivity index is 1.46. The average molecular weight is 696 g/mol. The highest BCUT2D eigenvalue weighted by Crippen LogP contribution is 2.60. The first-order valence-corrected chi connectivity index (χ1v) is 19.9. The number of carbonyl (C=O) groups excluding carboxylic acids is 2. The Labute approximate surface area is 277 Å². The number of amides is 2. The molecular weight excluding hydrogens is 648 g/mol. The molecule has 0 radical (unpaired) electrons. The number of allylic oxidation sites excluding steroid dienone is 3. The zero-order valence-corrected chi connectivity index (χ0v) is 29.9. The summed E-state index contributed by atoms with van der Waals surface area (Å²) in [6.45, 7) is 12.7. The number of anilines is 1. The molecular formula is C36H47BrN2O5Si. The van der Waals surface area contributed by atoms with E-state index >= 15 is 0 Å². The van der Waals surface area contributed by atoms with Crippen LogP contribution in [0.4, 0.5) is 5.69 Å². The number of rotatable bonds is 9. The van der Waals surface area contributed by atoms with Crippen molar-refractivity contribution in [3.05, 3.63) is 86.9 Å². The molecule has 9 heteroatoms. The fourth-order valence-corrected chi connectivity index (χ4v) is 10.6. The summed E-state index contributed by atoms with van der Waals surface area (Å²) in [6.07, 6.45) is 6.20. The fraction of sp³-hybridized carbons (Fsp3) is 0.500. The number of benzene rings is 2. The van der Waals surface area contributed by atoms with E-state index in [0.717, 1.165) is 39.7 Å². The first-order valence-electron chi connectivity index (χ1n) is 16.1. The molecule has 0 aliphatic carbocycles. The van der Waals surface area contributed by atoms with Crippen molar-refractivity contribution in [1.29, 1.82) is 0 Å². The second-order valence-electron chi connectivity index (χ2n) is 13.8. The summed E-state index contributed by atoms with van der Waals surface area (Å²) >= 11 is 3.62. The van der Waals surface area contributed by atoms with Gasteiger partial charge in [-0.1, -0.05) is 70.4 Å². The van der Waals surface area contributed by atoms with Crippen molar-refractivity contribution in [1.82, 2.24) is 4.90 Å². The minimum absolute atomic E-state index is 0.0341. The van der Waals surface area contributed by atoms with Gasteiger partial charge in [0.1, 0.15) is 0 Å². The van der Waals surface area contributed by atoms with Crippen LogP contribution in [0.2, 0.25) is 18.6 Å². The molecule has 2 N–H and O–H groups in total. The summed E-state index contributed by atoms with van der Waals surface area (Å²) in [5.41, 5.74) is 4.65. The fourth-order valence-electron chi connectivity index (χ4n) is 7.70. The normalized spacial score (nSPS) is 26.3. The van der Waals surface area contributed by atoms with Crippen LogP contribution in [-0.2, 0) is 32.9 Å². The molecule has 5 atom stereocenters.